The van der Waals surface area contributed by atoms with Crippen molar-refractivity contribution in [3.05, 3.63) is 77.3 Å². The average molecular weight is 499 g/mol. The monoisotopic (exact) mass is 498 g/mol. The van der Waals surface area contributed by atoms with E-state index in [1.165, 1.54) is 4.31 Å². The number of carbonyl (C=O) groups is 1. The maximum Gasteiger partial charge on any atom is 0.243 e. The first-order valence-corrected chi connectivity index (χ1v) is 13.3. The van der Waals surface area contributed by atoms with Gasteiger partial charge in [0.25, 0.3) is 0 Å². The second-order valence-electron chi connectivity index (χ2n) is 8.91. The molecule has 2 aliphatic heterocycles. The van der Waals surface area contributed by atoms with Gasteiger partial charge in [-0.15, -0.1) is 0 Å². The maximum atomic E-state index is 13.8. The van der Waals surface area contributed by atoms with Crippen LogP contribution in [-0.2, 0) is 25.0 Å². The van der Waals surface area contributed by atoms with Crippen molar-refractivity contribution in [3.63, 3.8) is 0 Å². The van der Waals surface area contributed by atoms with Crippen LogP contribution in [0.1, 0.15) is 18.4 Å². The number of halogens is 1. The molecule has 0 N–H and O–H groups in total. The van der Waals surface area contributed by atoms with Crippen LogP contribution >= 0.6 is 11.6 Å². The van der Waals surface area contributed by atoms with E-state index in [4.69, 9.17) is 16.3 Å². The molecule has 1 amide bonds. The number of hydrogen-bond donors (Lipinski definition) is 0. The largest absolute Gasteiger partial charge is 0.381 e. The number of benzene rings is 3. The molecule has 2 heterocycles. The van der Waals surface area contributed by atoms with Crippen LogP contribution in [0.3, 0.4) is 0 Å². The number of hydrogen-bond acceptors (Lipinski definition) is 4. The van der Waals surface area contributed by atoms with Gasteiger partial charge in [0.05, 0.1) is 10.3 Å². The van der Waals surface area contributed by atoms with Gasteiger partial charge in [0.2, 0.25) is 15.9 Å². The Morgan fingerprint density at radius 3 is 2.18 bits per heavy atom. The SMILES string of the molecule is O=C(N1CCN(S(=O)(=O)c2ccc3ccccc3c2)CC1)C1(c2ccc(Cl)cc2)CCOCC1. The lowest BCUT2D eigenvalue weighted by Gasteiger charge is -2.42. The van der Waals surface area contributed by atoms with Gasteiger partial charge < -0.3 is 9.64 Å². The Labute approximate surface area is 205 Å². The van der Waals surface area contributed by atoms with Gasteiger partial charge in [-0.3, -0.25) is 4.79 Å². The van der Waals surface area contributed by atoms with E-state index in [9.17, 15) is 13.2 Å². The van der Waals surface area contributed by atoms with Crippen molar-refractivity contribution in [2.24, 2.45) is 0 Å². The lowest BCUT2D eigenvalue weighted by Crippen LogP contribution is -2.56. The van der Waals surface area contributed by atoms with Crippen LogP contribution < -0.4 is 0 Å². The zero-order chi connectivity index (χ0) is 23.8. The molecule has 0 atom stereocenters. The molecule has 0 spiro atoms. The number of sulfonamides is 1. The van der Waals surface area contributed by atoms with Gasteiger partial charge in [-0.1, -0.05) is 54.1 Å². The van der Waals surface area contributed by atoms with Crippen LogP contribution in [0.15, 0.2) is 71.6 Å². The van der Waals surface area contributed by atoms with Crippen LogP contribution in [0.5, 0.6) is 0 Å². The molecule has 34 heavy (non-hydrogen) atoms. The van der Waals surface area contributed by atoms with Crippen molar-refractivity contribution in [3.8, 4) is 0 Å². The third kappa shape index (κ3) is 4.22. The number of nitrogens with zero attached hydrogens (tertiary/aromatic N) is 2. The maximum absolute atomic E-state index is 13.8. The molecular weight excluding hydrogens is 472 g/mol. The predicted molar refractivity (Wildman–Crippen MR) is 132 cm³/mol. The molecule has 2 saturated heterocycles. The average Bonchev–Trinajstić information content (AvgIpc) is 2.89. The Hall–Kier alpha value is -2.45. The zero-order valence-electron chi connectivity index (χ0n) is 18.8. The summed E-state index contributed by atoms with van der Waals surface area (Å²) in [7, 11) is -3.64. The third-order valence-electron chi connectivity index (χ3n) is 7.04. The molecule has 3 aromatic carbocycles. The lowest BCUT2D eigenvalue weighted by atomic mass is 9.73. The number of fused-ring (bicyclic) bond motifs is 1. The van der Waals surface area contributed by atoms with Gasteiger partial charge in [-0.2, -0.15) is 4.31 Å². The van der Waals surface area contributed by atoms with Crippen molar-refractivity contribution in [2.75, 3.05) is 39.4 Å². The van der Waals surface area contributed by atoms with Crippen LogP contribution in [0.4, 0.5) is 0 Å². The van der Waals surface area contributed by atoms with Gasteiger partial charge in [-0.25, -0.2) is 8.42 Å². The molecule has 0 radical (unpaired) electrons. The van der Waals surface area contributed by atoms with E-state index < -0.39 is 15.4 Å². The fraction of sp³-hybridized carbons (Fsp3) is 0.346. The van der Waals surface area contributed by atoms with E-state index in [1.54, 1.807) is 12.1 Å². The minimum Gasteiger partial charge on any atom is -0.381 e. The number of amides is 1. The molecule has 0 bridgehead atoms. The summed E-state index contributed by atoms with van der Waals surface area (Å²) in [6.45, 7) is 2.31. The van der Waals surface area contributed by atoms with E-state index >= 15 is 0 Å². The molecule has 0 saturated carbocycles. The second kappa shape index (κ2) is 9.30. The molecule has 0 aliphatic carbocycles. The number of rotatable bonds is 4. The summed E-state index contributed by atoms with van der Waals surface area (Å²) in [6.07, 6.45) is 1.20. The van der Waals surface area contributed by atoms with Crippen molar-refractivity contribution in [1.29, 1.82) is 0 Å². The summed E-state index contributed by atoms with van der Waals surface area (Å²) in [5, 5.41) is 2.52. The third-order valence-corrected chi connectivity index (χ3v) is 9.18. The number of piperazine rings is 1. The number of ether oxygens (including phenoxy) is 1. The fourth-order valence-corrected chi connectivity index (χ4v) is 6.61. The van der Waals surface area contributed by atoms with E-state index in [0.29, 0.717) is 44.2 Å². The zero-order valence-corrected chi connectivity index (χ0v) is 20.4. The molecule has 2 fully saturated rings. The smallest absolute Gasteiger partial charge is 0.243 e. The van der Waals surface area contributed by atoms with Gasteiger partial charge in [-0.05, 0) is 53.4 Å². The molecule has 8 heteroatoms. The molecule has 0 aromatic heterocycles. The molecular formula is C26H27ClN2O4S. The molecule has 5 rings (SSSR count). The quantitative estimate of drug-likeness (QED) is 0.543. The highest BCUT2D eigenvalue weighted by Gasteiger charge is 2.45. The van der Waals surface area contributed by atoms with Crippen LogP contribution in [-0.4, -0.2) is 62.9 Å². The first-order chi connectivity index (χ1) is 16.4. The minimum atomic E-state index is -3.64. The summed E-state index contributed by atoms with van der Waals surface area (Å²) in [6, 6.07) is 20.4. The highest BCUT2D eigenvalue weighted by atomic mass is 35.5. The normalized spacial score (nSPS) is 19.3. The van der Waals surface area contributed by atoms with E-state index in [0.717, 1.165) is 16.3 Å². The molecule has 0 unspecified atom stereocenters. The lowest BCUT2D eigenvalue weighted by molar-refractivity contribution is -0.142. The Balaban J connectivity index is 1.34. The van der Waals surface area contributed by atoms with Gasteiger partial charge in [0.1, 0.15) is 0 Å². The minimum absolute atomic E-state index is 0.0425. The van der Waals surface area contributed by atoms with Crippen molar-refractivity contribution in [2.45, 2.75) is 23.2 Å². The van der Waals surface area contributed by atoms with Gasteiger partial charge >= 0.3 is 0 Å². The Kier molecular flexibility index (Phi) is 6.37. The van der Waals surface area contributed by atoms with E-state index in [1.807, 2.05) is 59.5 Å². The van der Waals surface area contributed by atoms with Crippen molar-refractivity contribution < 1.29 is 17.9 Å². The van der Waals surface area contributed by atoms with E-state index in [2.05, 4.69) is 0 Å². The molecule has 3 aromatic rings. The van der Waals surface area contributed by atoms with Crippen LogP contribution in [0, 0.1) is 0 Å². The molecule has 178 valence electrons. The summed E-state index contributed by atoms with van der Waals surface area (Å²) in [4.78, 5) is 15.9. The van der Waals surface area contributed by atoms with Crippen LogP contribution in [0.2, 0.25) is 5.02 Å². The van der Waals surface area contributed by atoms with Gasteiger partial charge in [0, 0.05) is 44.4 Å². The van der Waals surface area contributed by atoms with E-state index in [-0.39, 0.29) is 23.9 Å². The Bertz CT molecular complexity index is 1300. The highest BCUT2D eigenvalue weighted by molar-refractivity contribution is 7.89. The summed E-state index contributed by atoms with van der Waals surface area (Å²) in [5.41, 5.74) is 0.277. The summed E-state index contributed by atoms with van der Waals surface area (Å²) < 4.78 is 33.7. The standard InChI is InChI=1S/C26H27ClN2O4S/c27-23-8-6-22(7-9-23)26(11-17-33-18-12-26)25(30)28-13-15-29(16-14-28)34(31,32)24-10-5-20-3-1-2-4-21(20)19-24/h1-10,19H,11-18H2. The molecule has 6 nitrogen and oxygen atoms in total. The first kappa shape index (κ1) is 23.3. The second-order valence-corrected chi connectivity index (χ2v) is 11.3. The fourth-order valence-electron chi connectivity index (χ4n) is 5.03. The first-order valence-electron chi connectivity index (χ1n) is 11.5. The van der Waals surface area contributed by atoms with Gasteiger partial charge in [0.15, 0.2) is 0 Å². The van der Waals surface area contributed by atoms with Crippen LogP contribution in [0.25, 0.3) is 10.8 Å². The molecule has 2 aliphatic rings. The Morgan fingerprint density at radius 2 is 1.50 bits per heavy atom. The van der Waals surface area contributed by atoms with Crippen molar-refractivity contribution in [1.82, 2.24) is 9.21 Å². The summed E-state index contributed by atoms with van der Waals surface area (Å²) >= 11 is 6.08. The Morgan fingerprint density at radius 1 is 0.853 bits per heavy atom. The number of carbonyl (C=O) groups excluding carboxylic acids is 1. The predicted octanol–water partition coefficient (Wildman–Crippen LogP) is 4.07. The van der Waals surface area contributed by atoms with Crippen molar-refractivity contribution >= 4 is 38.3 Å². The topological polar surface area (TPSA) is 66.9 Å². The highest BCUT2D eigenvalue weighted by Crippen LogP contribution is 2.38. The summed E-state index contributed by atoms with van der Waals surface area (Å²) in [5.74, 6) is 0.0425.